The molecule has 2 heterocycles. The molecule has 10 heteroatoms. The van der Waals surface area contributed by atoms with E-state index in [0.29, 0.717) is 11.5 Å². The van der Waals surface area contributed by atoms with Gasteiger partial charge in [0.25, 0.3) is 0 Å². The van der Waals surface area contributed by atoms with E-state index < -0.39 is 16.0 Å². The summed E-state index contributed by atoms with van der Waals surface area (Å²) in [6, 6.07) is 16.4. The van der Waals surface area contributed by atoms with Crippen molar-refractivity contribution in [3.05, 3.63) is 89.3 Å². The van der Waals surface area contributed by atoms with Gasteiger partial charge in [0.2, 0.25) is 10.0 Å². The number of nitrogens with one attached hydrogen (secondary N) is 1. The van der Waals surface area contributed by atoms with Crippen molar-refractivity contribution in [2.45, 2.75) is 18.0 Å². The average molecular weight is 485 g/mol. The van der Waals surface area contributed by atoms with Crippen molar-refractivity contribution < 1.29 is 27.1 Å². The van der Waals surface area contributed by atoms with Crippen molar-refractivity contribution in [1.82, 2.24) is 9.71 Å². The maximum atomic E-state index is 12.4. The molecule has 0 saturated carbocycles. The van der Waals surface area contributed by atoms with E-state index in [1.165, 1.54) is 41.9 Å². The first kappa shape index (κ1) is 22.7. The molecule has 4 rings (SSSR count). The van der Waals surface area contributed by atoms with Gasteiger partial charge in [0.05, 0.1) is 36.1 Å². The smallest absolute Gasteiger partial charge is 0.338 e. The van der Waals surface area contributed by atoms with Gasteiger partial charge in [-0.05, 0) is 48.5 Å². The SMILES string of the molecule is COc1cccc(-c2nc(COC(=O)c3ccc(S(=O)(=O)NCc4ccco4)cc3)cs2)c1. The number of ether oxygens (including phenoxy) is 2. The van der Waals surface area contributed by atoms with Crippen LogP contribution >= 0.6 is 11.3 Å². The molecule has 0 bridgehead atoms. The van der Waals surface area contributed by atoms with Crippen LogP contribution in [-0.2, 0) is 27.9 Å². The second-order valence-corrected chi connectivity index (χ2v) is 9.51. The number of benzene rings is 2. The predicted molar refractivity (Wildman–Crippen MR) is 122 cm³/mol. The number of thiazole rings is 1. The van der Waals surface area contributed by atoms with Gasteiger partial charge in [-0.15, -0.1) is 11.3 Å². The van der Waals surface area contributed by atoms with Crippen LogP contribution in [0.4, 0.5) is 0 Å². The van der Waals surface area contributed by atoms with Crippen molar-refractivity contribution >= 4 is 27.3 Å². The van der Waals surface area contributed by atoms with Crippen molar-refractivity contribution in [2.75, 3.05) is 7.11 Å². The number of sulfonamides is 1. The van der Waals surface area contributed by atoms with Crippen molar-refractivity contribution in [3.63, 3.8) is 0 Å². The second kappa shape index (κ2) is 9.99. The third kappa shape index (κ3) is 5.67. The standard InChI is InChI=1S/C23H20N2O6S2/c1-29-19-5-2-4-17(12-19)22-25-18(15-32-22)14-31-23(26)16-7-9-21(10-8-16)33(27,28)24-13-20-6-3-11-30-20/h2-12,15,24H,13-14H2,1H3. The lowest BCUT2D eigenvalue weighted by molar-refractivity contribution is 0.0468. The van der Waals surface area contributed by atoms with Crippen LogP contribution in [0.15, 0.2) is 81.6 Å². The summed E-state index contributed by atoms with van der Waals surface area (Å²) in [6.07, 6.45) is 1.47. The lowest BCUT2D eigenvalue weighted by Crippen LogP contribution is -2.23. The van der Waals surface area contributed by atoms with E-state index in [4.69, 9.17) is 13.9 Å². The molecule has 0 amide bonds. The van der Waals surface area contributed by atoms with Gasteiger partial charge < -0.3 is 13.9 Å². The number of aromatic nitrogens is 1. The number of nitrogens with zero attached hydrogens (tertiary/aromatic N) is 1. The third-order valence-electron chi connectivity index (χ3n) is 4.64. The Balaban J connectivity index is 1.35. The van der Waals surface area contributed by atoms with Crippen LogP contribution in [-0.4, -0.2) is 26.5 Å². The van der Waals surface area contributed by atoms with Crippen molar-refractivity contribution in [2.24, 2.45) is 0 Å². The Morgan fingerprint density at radius 3 is 2.67 bits per heavy atom. The number of carbonyl (C=O) groups is 1. The minimum absolute atomic E-state index is 0.00402. The quantitative estimate of drug-likeness (QED) is 0.354. The van der Waals surface area contributed by atoms with E-state index in [2.05, 4.69) is 9.71 Å². The molecule has 0 saturated heterocycles. The number of esters is 1. The highest BCUT2D eigenvalue weighted by atomic mass is 32.2. The summed E-state index contributed by atoms with van der Waals surface area (Å²) in [5.74, 6) is 0.658. The van der Waals surface area contributed by atoms with Crippen LogP contribution < -0.4 is 9.46 Å². The summed E-state index contributed by atoms with van der Waals surface area (Å²) >= 11 is 1.44. The summed E-state index contributed by atoms with van der Waals surface area (Å²) in [6.45, 7) is 0.0363. The van der Waals surface area contributed by atoms with Crippen LogP contribution in [0.3, 0.4) is 0 Å². The number of carbonyl (C=O) groups excluding carboxylic acids is 1. The fourth-order valence-corrected chi connectivity index (χ4v) is 4.71. The van der Waals surface area contributed by atoms with E-state index in [1.807, 2.05) is 29.6 Å². The molecule has 0 atom stereocenters. The average Bonchev–Trinajstić information content (AvgIpc) is 3.54. The van der Waals surface area contributed by atoms with Gasteiger partial charge >= 0.3 is 5.97 Å². The molecule has 1 N–H and O–H groups in total. The highest BCUT2D eigenvalue weighted by molar-refractivity contribution is 7.89. The van der Waals surface area contributed by atoms with Gasteiger partial charge in [-0.3, -0.25) is 0 Å². The van der Waals surface area contributed by atoms with E-state index in [9.17, 15) is 13.2 Å². The maximum absolute atomic E-state index is 12.4. The summed E-state index contributed by atoms with van der Waals surface area (Å²) < 4.78 is 42.9. The van der Waals surface area contributed by atoms with Gasteiger partial charge in [-0.25, -0.2) is 22.9 Å². The van der Waals surface area contributed by atoms with Crippen LogP contribution in [0.2, 0.25) is 0 Å². The van der Waals surface area contributed by atoms with Crippen molar-refractivity contribution in [3.8, 4) is 16.3 Å². The number of hydrogen-bond donors (Lipinski definition) is 1. The van der Waals surface area contributed by atoms with Crippen molar-refractivity contribution in [1.29, 1.82) is 0 Å². The predicted octanol–water partition coefficient (Wildman–Crippen LogP) is 4.25. The number of furan rings is 1. The van der Waals surface area contributed by atoms with Crippen LogP contribution in [0.1, 0.15) is 21.8 Å². The third-order valence-corrected chi connectivity index (χ3v) is 6.99. The topological polar surface area (TPSA) is 108 Å². The number of rotatable bonds is 9. The summed E-state index contributed by atoms with van der Waals surface area (Å²) in [5.41, 5.74) is 1.77. The molecule has 0 spiro atoms. The molecule has 2 aromatic heterocycles. The van der Waals surface area contributed by atoms with Gasteiger partial charge in [-0.2, -0.15) is 0 Å². The molecule has 8 nitrogen and oxygen atoms in total. The lowest BCUT2D eigenvalue weighted by atomic mass is 10.2. The first-order valence-corrected chi connectivity index (χ1v) is 12.2. The van der Waals surface area contributed by atoms with E-state index in [1.54, 1.807) is 19.2 Å². The monoisotopic (exact) mass is 484 g/mol. The summed E-state index contributed by atoms with van der Waals surface area (Å²) in [5, 5.41) is 2.61. The molecule has 0 aliphatic carbocycles. The molecule has 33 heavy (non-hydrogen) atoms. The molecular formula is C23H20N2O6S2. The van der Waals surface area contributed by atoms with Crippen LogP contribution in [0, 0.1) is 0 Å². The van der Waals surface area contributed by atoms with E-state index >= 15 is 0 Å². The number of methoxy groups -OCH3 is 1. The molecule has 0 fully saturated rings. The molecule has 0 radical (unpaired) electrons. The van der Waals surface area contributed by atoms with Gasteiger partial charge in [-0.1, -0.05) is 12.1 Å². The van der Waals surface area contributed by atoms with Gasteiger partial charge in [0.1, 0.15) is 23.1 Å². The highest BCUT2D eigenvalue weighted by Gasteiger charge is 2.16. The summed E-state index contributed by atoms with van der Waals surface area (Å²) in [4.78, 5) is 16.9. The fraction of sp³-hybridized carbons (Fsp3) is 0.130. The van der Waals surface area contributed by atoms with Gasteiger partial charge in [0.15, 0.2) is 0 Å². The van der Waals surface area contributed by atoms with Crippen LogP contribution in [0.5, 0.6) is 5.75 Å². The second-order valence-electron chi connectivity index (χ2n) is 6.88. The largest absolute Gasteiger partial charge is 0.497 e. The number of hydrogen-bond acceptors (Lipinski definition) is 8. The zero-order valence-corrected chi connectivity index (χ0v) is 19.2. The minimum Gasteiger partial charge on any atom is -0.497 e. The molecule has 170 valence electrons. The first-order chi connectivity index (χ1) is 15.9. The highest BCUT2D eigenvalue weighted by Crippen LogP contribution is 2.27. The molecular weight excluding hydrogens is 464 g/mol. The molecule has 0 aliphatic heterocycles. The summed E-state index contributed by atoms with van der Waals surface area (Å²) in [7, 11) is -2.14. The Morgan fingerprint density at radius 2 is 1.94 bits per heavy atom. The van der Waals surface area contributed by atoms with E-state index in [0.717, 1.165) is 16.3 Å². The maximum Gasteiger partial charge on any atom is 0.338 e. The molecule has 4 aromatic rings. The Labute approximate surface area is 194 Å². The van der Waals surface area contributed by atoms with E-state index in [-0.39, 0.29) is 23.6 Å². The molecule has 0 aliphatic rings. The minimum atomic E-state index is -3.74. The van der Waals surface area contributed by atoms with Gasteiger partial charge in [0, 0.05) is 10.9 Å². The lowest BCUT2D eigenvalue weighted by Gasteiger charge is -2.07. The first-order valence-electron chi connectivity index (χ1n) is 9.83. The fourth-order valence-electron chi connectivity index (χ4n) is 2.92. The Kier molecular flexibility index (Phi) is 6.87. The zero-order valence-electron chi connectivity index (χ0n) is 17.6. The molecule has 2 aromatic carbocycles. The van der Waals surface area contributed by atoms with Crippen LogP contribution in [0.25, 0.3) is 10.6 Å². The molecule has 0 unspecified atom stereocenters. The Morgan fingerprint density at radius 1 is 1.12 bits per heavy atom. The zero-order chi connectivity index (χ0) is 23.3. The Hall–Kier alpha value is -3.47. The Bertz CT molecular complexity index is 1330. The normalized spacial score (nSPS) is 11.3.